The Morgan fingerprint density at radius 1 is 1.04 bits per heavy atom. The van der Waals surface area contributed by atoms with Gasteiger partial charge in [-0.1, -0.05) is 0 Å². The molecule has 5 aliphatic rings. The van der Waals surface area contributed by atoms with E-state index < -0.39 is 48.4 Å². The molecule has 45 heavy (non-hydrogen) atoms. The molecule has 2 bridgehead atoms. The van der Waals surface area contributed by atoms with E-state index in [0.717, 1.165) is 24.7 Å². The molecule has 2 amide bonds. The Hall–Kier alpha value is -3.78. The summed E-state index contributed by atoms with van der Waals surface area (Å²) in [6.45, 7) is -0.990. The van der Waals surface area contributed by atoms with Crippen molar-refractivity contribution >= 4 is 17.5 Å². The quantitative estimate of drug-likeness (QED) is 0.252. The number of hydrogen-bond acceptors (Lipinski definition) is 7. The number of fused-ring (bicyclic) bond motifs is 1. The van der Waals surface area contributed by atoms with Crippen LogP contribution in [0.2, 0.25) is 0 Å². The number of imidazole rings is 1. The fourth-order valence-electron chi connectivity index (χ4n) is 7.42. The molecule has 2 N–H and O–H groups in total. The fraction of sp³-hybridized carbons (Fsp3) is 0.633. The zero-order valence-corrected chi connectivity index (χ0v) is 24.3. The van der Waals surface area contributed by atoms with Gasteiger partial charge in [0.1, 0.15) is 17.5 Å². The number of ether oxygens (including phenoxy) is 1. The number of halogens is 5. The maximum absolute atomic E-state index is 14.1. The van der Waals surface area contributed by atoms with Gasteiger partial charge in [0.15, 0.2) is 12.3 Å². The normalized spacial score (nSPS) is 27.0. The Morgan fingerprint density at radius 3 is 2.42 bits per heavy atom. The number of hydrogen-bond donors (Lipinski definition) is 2. The molecule has 3 heterocycles. The molecule has 2 atom stereocenters. The Labute approximate surface area is 254 Å². The second-order valence-corrected chi connectivity index (χ2v) is 13.4. The number of nitrogens with zero attached hydrogens (tertiary/aromatic N) is 4. The molecule has 0 saturated heterocycles. The van der Waals surface area contributed by atoms with Crippen molar-refractivity contribution in [3.63, 3.8) is 0 Å². The van der Waals surface area contributed by atoms with Crippen LogP contribution >= 0.6 is 0 Å². The average molecular weight is 637 g/mol. The summed E-state index contributed by atoms with van der Waals surface area (Å²) in [6.07, 6.45) is 4.48. The number of carbonyl (C=O) groups excluding carboxylic acids is 2. The molecule has 0 spiro atoms. The van der Waals surface area contributed by atoms with Gasteiger partial charge < -0.3 is 19.9 Å². The van der Waals surface area contributed by atoms with Gasteiger partial charge in [0.2, 0.25) is 11.8 Å². The van der Waals surface area contributed by atoms with Crippen LogP contribution in [0.25, 0.3) is 5.65 Å². The molecule has 15 heteroatoms. The molecule has 0 radical (unpaired) electrons. The van der Waals surface area contributed by atoms with Gasteiger partial charge >= 0.3 is 0 Å². The lowest BCUT2D eigenvalue weighted by Crippen LogP contribution is -2.65. The first-order valence-electron chi connectivity index (χ1n) is 15.3. The third-order valence-corrected chi connectivity index (χ3v) is 9.71. The van der Waals surface area contributed by atoms with Crippen molar-refractivity contribution in [1.29, 1.82) is 0 Å². The average Bonchev–Trinajstić information content (AvgIpc) is 3.52. The van der Waals surface area contributed by atoms with E-state index in [4.69, 9.17) is 14.2 Å². The standard InChI is InChI=1S/C30H33F5N6O4/c31-21(32)12-44-27-19(11-45-40-27)26(43)39-25(17-3-5-30(34,35)6-4-17)20-10-41-22(37-20)7-18(9-36-41)24(16-1-2-16)38-23(42)8-28-13-29(33,14-28)15-28/h7,9-11,16-17,21,24-25H,1-6,8,12-15H2,(H,38,42)(H,39,43)/t24-,25+,28-,29+/m1/s1. The van der Waals surface area contributed by atoms with Crippen LogP contribution in [0.5, 0.6) is 5.88 Å². The SMILES string of the molecule is O=C(C[C@]12C[C@@](F)(C1)C2)N[C@@H](c1cnn2cc([C@@H](NC(=O)c3conc3OCC(F)F)C3CCC(F)(F)CC3)nc2c1)C1CC1. The number of nitrogens with one attached hydrogen (secondary N) is 2. The van der Waals surface area contributed by atoms with Crippen LogP contribution in [-0.4, -0.2) is 56.2 Å². The highest BCUT2D eigenvalue weighted by atomic mass is 19.3. The summed E-state index contributed by atoms with van der Waals surface area (Å²) in [5.74, 6) is -4.22. The first-order valence-corrected chi connectivity index (χ1v) is 15.3. The van der Waals surface area contributed by atoms with Crippen LogP contribution in [0.15, 0.2) is 29.2 Å². The molecule has 242 valence electrons. The molecule has 8 rings (SSSR count). The maximum Gasteiger partial charge on any atom is 0.272 e. The molecule has 3 aromatic rings. The number of aromatic nitrogens is 4. The van der Waals surface area contributed by atoms with Crippen molar-refractivity contribution in [2.75, 3.05) is 6.61 Å². The summed E-state index contributed by atoms with van der Waals surface area (Å²) in [6, 6.07) is 0.710. The predicted molar refractivity (Wildman–Crippen MR) is 146 cm³/mol. The number of rotatable bonds is 12. The molecule has 5 fully saturated rings. The summed E-state index contributed by atoms with van der Waals surface area (Å²) in [5, 5.41) is 13.9. The summed E-state index contributed by atoms with van der Waals surface area (Å²) >= 11 is 0. The highest BCUT2D eigenvalue weighted by molar-refractivity contribution is 5.96. The van der Waals surface area contributed by atoms with Crippen LogP contribution in [-0.2, 0) is 4.79 Å². The number of amides is 2. The topological polar surface area (TPSA) is 124 Å². The van der Waals surface area contributed by atoms with Gasteiger partial charge in [-0.2, -0.15) is 5.10 Å². The van der Waals surface area contributed by atoms with E-state index in [1.54, 1.807) is 12.4 Å². The van der Waals surface area contributed by atoms with Gasteiger partial charge in [-0.05, 0) is 79.0 Å². The van der Waals surface area contributed by atoms with E-state index in [-0.39, 0.29) is 54.5 Å². The van der Waals surface area contributed by atoms with Gasteiger partial charge in [0, 0.05) is 19.3 Å². The largest absolute Gasteiger partial charge is 0.469 e. The molecule has 0 aromatic carbocycles. The Kier molecular flexibility index (Phi) is 7.27. The first kappa shape index (κ1) is 29.9. The Morgan fingerprint density at radius 2 is 1.76 bits per heavy atom. The molecule has 5 saturated carbocycles. The Balaban J connectivity index is 1.11. The van der Waals surface area contributed by atoms with Crippen LogP contribution < -0.4 is 15.4 Å². The summed E-state index contributed by atoms with van der Waals surface area (Å²) in [7, 11) is 0. The fourth-order valence-corrected chi connectivity index (χ4v) is 7.42. The molecule has 5 aliphatic carbocycles. The monoisotopic (exact) mass is 636 g/mol. The van der Waals surface area contributed by atoms with Gasteiger partial charge in [-0.3, -0.25) is 9.59 Å². The van der Waals surface area contributed by atoms with E-state index in [0.29, 0.717) is 37.0 Å². The highest BCUT2D eigenvalue weighted by Crippen LogP contribution is 2.71. The zero-order chi connectivity index (χ0) is 31.6. The van der Waals surface area contributed by atoms with Crippen LogP contribution in [0.1, 0.15) is 97.9 Å². The minimum Gasteiger partial charge on any atom is -0.469 e. The van der Waals surface area contributed by atoms with Gasteiger partial charge in [0.25, 0.3) is 18.2 Å². The molecule has 10 nitrogen and oxygen atoms in total. The van der Waals surface area contributed by atoms with Crippen molar-refractivity contribution in [3.05, 3.63) is 41.5 Å². The van der Waals surface area contributed by atoms with E-state index in [9.17, 15) is 31.5 Å². The van der Waals surface area contributed by atoms with Crippen LogP contribution in [0.3, 0.4) is 0 Å². The smallest absolute Gasteiger partial charge is 0.272 e. The van der Waals surface area contributed by atoms with Gasteiger partial charge in [0.05, 0.1) is 30.2 Å². The first-order chi connectivity index (χ1) is 21.4. The van der Waals surface area contributed by atoms with Crippen molar-refractivity contribution in [3.8, 4) is 5.88 Å². The summed E-state index contributed by atoms with van der Waals surface area (Å²) in [4.78, 5) is 30.9. The second kappa shape index (κ2) is 10.9. The van der Waals surface area contributed by atoms with E-state index in [1.165, 1.54) is 4.52 Å². The lowest BCUT2D eigenvalue weighted by Gasteiger charge is -2.65. The molecule has 0 aliphatic heterocycles. The Bertz CT molecular complexity index is 1580. The predicted octanol–water partition coefficient (Wildman–Crippen LogP) is 5.51. The van der Waals surface area contributed by atoms with Crippen molar-refractivity contribution < 1.29 is 40.8 Å². The third-order valence-electron chi connectivity index (χ3n) is 9.71. The van der Waals surface area contributed by atoms with Crippen LogP contribution in [0, 0.1) is 17.3 Å². The number of carbonyl (C=O) groups is 2. The zero-order valence-electron chi connectivity index (χ0n) is 24.3. The van der Waals surface area contributed by atoms with Gasteiger partial charge in [-0.25, -0.2) is 31.5 Å². The third kappa shape index (κ3) is 6.09. The van der Waals surface area contributed by atoms with Gasteiger partial charge in [-0.15, -0.1) is 0 Å². The van der Waals surface area contributed by atoms with Crippen molar-refractivity contribution in [2.24, 2.45) is 17.3 Å². The minimum absolute atomic E-state index is 0.111. The van der Waals surface area contributed by atoms with E-state index in [2.05, 4.69) is 20.9 Å². The molecule has 0 unspecified atom stereocenters. The lowest BCUT2D eigenvalue weighted by atomic mass is 9.41. The van der Waals surface area contributed by atoms with E-state index in [1.807, 2.05) is 6.07 Å². The lowest BCUT2D eigenvalue weighted by molar-refractivity contribution is -0.215. The van der Waals surface area contributed by atoms with Crippen LogP contribution in [0.4, 0.5) is 22.0 Å². The molecule has 3 aromatic heterocycles. The van der Waals surface area contributed by atoms with Crippen molar-refractivity contribution in [2.45, 2.75) is 94.3 Å². The maximum atomic E-state index is 14.1. The van der Waals surface area contributed by atoms with E-state index >= 15 is 0 Å². The summed E-state index contributed by atoms with van der Waals surface area (Å²) < 4.78 is 78.6. The summed E-state index contributed by atoms with van der Waals surface area (Å²) in [5.41, 5.74) is 0.0858. The minimum atomic E-state index is -2.81. The molecular weight excluding hydrogens is 603 g/mol. The second-order valence-electron chi connectivity index (χ2n) is 13.4. The highest BCUT2D eigenvalue weighted by Gasteiger charge is 2.69. The molecular formula is C30H33F5N6O4. The van der Waals surface area contributed by atoms with Crippen molar-refractivity contribution in [1.82, 2.24) is 30.4 Å². The number of alkyl halides is 5.